The van der Waals surface area contributed by atoms with Crippen LogP contribution in [0.4, 0.5) is 10.2 Å². The lowest BCUT2D eigenvalue weighted by Gasteiger charge is -2.44. The summed E-state index contributed by atoms with van der Waals surface area (Å²) in [7, 11) is -1.77. The van der Waals surface area contributed by atoms with Gasteiger partial charge in [-0.15, -0.1) is 0 Å². The van der Waals surface area contributed by atoms with Crippen LogP contribution in [0.1, 0.15) is 34.1 Å². The minimum absolute atomic E-state index is 0.104. The number of ether oxygens (including phenoxy) is 1. The van der Waals surface area contributed by atoms with Crippen molar-refractivity contribution in [3.63, 3.8) is 0 Å². The first kappa shape index (κ1) is 24.7. The van der Waals surface area contributed by atoms with Crippen LogP contribution in [0.5, 0.6) is 5.75 Å². The predicted octanol–water partition coefficient (Wildman–Crippen LogP) is 4.39. The molecule has 0 aromatic carbocycles. The Morgan fingerprint density at radius 3 is 2.61 bits per heavy atom. The highest BCUT2D eigenvalue weighted by molar-refractivity contribution is 8.25. The van der Waals surface area contributed by atoms with Crippen molar-refractivity contribution in [1.29, 1.82) is 0 Å². The fourth-order valence-electron chi connectivity index (χ4n) is 3.21. The quantitative estimate of drug-likeness (QED) is 0.279. The van der Waals surface area contributed by atoms with Crippen LogP contribution < -0.4 is 15.4 Å². The molecule has 0 saturated heterocycles. The van der Waals surface area contributed by atoms with Gasteiger partial charge in [-0.25, -0.2) is 9.97 Å². The van der Waals surface area contributed by atoms with E-state index in [2.05, 4.69) is 20.6 Å². The highest BCUT2D eigenvalue weighted by Gasteiger charge is 2.34. The molecule has 3 aromatic heterocycles. The van der Waals surface area contributed by atoms with Crippen molar-refractivity contribution < 1.29 is 23.0 Å². The molecule has 0 aliphatic heterocycles. The molecule has 0 aliphatic rings. The van der Waals surface area contributed by atoms with Gasteiger partial charge in [0.2, 0.25) is 11.9 Å². The van der Waals surface area contributed by atoms with Gasteiger partial charge >= 0.3 is 0 Å². The van der Waals surface area contributed by atoms with Gasteiger partial charge in [-0.05, 0) is 33.3 Å². The lowest BCUT2D eigenvalue weighted by atomic mass is 10.2. The number of aromatic nitrogens is 3. The molecular formula is C22H30FN5O4S. The zero-order valence-electron chi connectivity index (χ0n) is 19.3. The monoisotopic (exact) mass is 479 g/mol. The minimum atomic E-state index is -3.23. The first-order valence-corrected chi connectivity index (χ1v) is 12.0. The summed E-state index contributed by atoms with van der Waals surface area (Å²) in [5.74, 6) is -0.111. The topological polar surface area (TPSA) is 121 Å². The van der Waals surface area contributed by atoms with Gasteiger partial charge in [0.05, 0.1) is 23.7 Å². The smallest absolute Gasteiger partial charge is 0.216 e. The summed E-state index contributed by atoms with van der Waals surface area (Å²) in [6, 6.07) is 4.60. The van der Waals surface area contributed by atoms with Gasteiger partial charge in [0.15, 0.2) is 0 Å². The summed E-state index contributed by atoms with van der Waals surface area (Å²) < 4.78 is 42.5. The molecule has 9 nitrogen and oxygen atoms in total. The number of methoxy groups -OCH3 is 1. The Bertz CT molecular complexity index is 1160. The number of amides is 1. The minimum Gasteiger partial charge on any atom is -0.495 e. The molecule has 0 spiro atoms. The molecule has 0 atom stereocenters. The van der Waals surface area contributed by atoms with Crippen LogP contribution in [0.25, 0.3) is 16.9 Å². The fraction of sp³-hybridized carbons (Fsp3) is 0.409. The maximum Gasteiger partial charge on any atom is 0.216 e. The molecular weight excluding hydrogens is 449 g/mol. The Balaban J connectivity index is 1.98. The van der Waals surface area contributed by atoms with Crippen molar-refractivity contribution in [2.75, 3.05) is 25.5 Å². The summed E-state index contributed by atoms with van der Waals surface area (Å²) in [6.45, 7) is 7.67. The highest BCUT2D eigenvalue weighted by atomic mass is 32.3. The Morgan fingerprint density at radius 1 is 1.24 bits per heavy atom. The summed E-state index contributed by atoms with van der Waals surface area (Å²) in [5, 5.41) is 5.76. The first-order valence-electron chi connectivity index (χ1n) is 10.4. The van der Waals surface area contributed by atoms with Crippen molar-refractivity contribution in [2.45, 2.75) is 43.8 Å². The van der Waals surface area contributed by atoms with Gasteiger partial charge in [-0.1, -0.05) is 0 Å². The molecule has 11 heteroatoms. The van der Waals surface area contributed by atoms with Crippen molar-refractivity contribution >= 4 is 28.0 Å². The van der Waals surface area contributed by atoms with E-state index in [9.17, 15) is 18.3 Å². The van der Waals surface area contributed by atoms with Gasteiger partial charge in [0, 0.05) is 43.9 Å². The normalized spacial score (nSPS) is 12.6. The van der Waals surface area contributed by atoms with E-state index in [0.29, 0.717) is 48.0 Å². The van der Waals surface area contributed by atoms with Gasteiger partial charge in [0.1, 0.15) is 22.1 Å². The molecule has 1 amide bonds. The van der Waals surface area contributed by atoms with E-state index in [4.69, 9.17) is 4.74 Å². The number of hydrogen-bond donors (Lipinski definition) is 4. The zero-order chi connectivity index (χ0) is 24.4. The lowest BCUT2D eigenvalue weighted by Crippen LogP contribution is -2.25. The number of imidazole rings is 1. The third-order valence-electron chi connectivity index (χ3n) is 5.08. The largest absolute Gasteiger partial charge is 0.495 e. The molecule has 0 radical (unpaired) electrons. The molecule has 180 valence electrons. The lowest BCUT2D eigenvalue weighted by molar-refractivity contribution is -0.118. The van der Waals surface area contributed by atoms with Crippen LogP contribution in [0.3, 0.4) is 0 Å². The van der Waals surface area contributed by atoms with Gasteiger partial charge in [0.25, 0.3) is 0 Å². The standard InChI is InChI=1S/C22H30FN5O4S/c1-14(29)24-7-6-8-25-20-10-15(9-19(23)27-20)16-12-26-21-11-17(32-5)18(13-28(16)21)33(30,31)22(2,3)4/h9-13,30-31H,6-8H2,1-5H3,(H,24,29)(H,25,27). The van der Waals surface area contributed by atoms with Crippen molar-refractivity contribution in [2.24, 2.45) is 0 Å². The van der Waals surface area contributed by atoms with E-state index in [1.165, 1.54) is 20.1 Å². The van der Waals surface area contributed by atoms with E-state index >= 15 is 0 Å². The number of anilines is 1. The van der Waals surface area contributed by atoms with E-state index < -0.39 is 21.3 Å². The molecule has 4 N–H and O–H groups in total. The van der Waals surface area contributed by atoms with E-state index in [0.717, 1.165) is 0 Å². The second-order valence-electron chi connectivity index (χ2n) is 8.57. The van der Waals surface area contributed by atoms with Crippen LogP contribution in [-0.4, -0.2) is 54.3 Å². The number of carbonyl (C=O) groups is 1. The van der Waals surface area contributed by atoms with Crippen LogP contribution in [0.15, 0.2) is 35.5 Å². The molecule has 33 heavy (non-hydrogen) atoms. The SMILES string of the molecule is COc1cc2ncc(-c3cc(F)nc(NCCCNC(C)=O)c3)n2cc1S(O)(O)C(C)(C)C. The number of hydrogen-bond acceptors (Lipinski definition) is 7. The number of halogens is 1. The third-order valence-corrected chi connectivity index (χ3v) is 7.71. The van der Waals surface area contributed by atoms with Crippen molar-refractivity contribution in [1.82, 2.24) is 19.7 Å². The summed E-state index contributed by atoms with van der Waals surface area (Å²) in [5.41, 5.74) is 1.58. The number of fused-ring (bicyclic) bond motifs is 1. The van der Waals surface area contributed by atoms with E-state index in [1.54, 1.807) is 49.7 Å². The van der Waals surface area contributed by atoms with Crippen LogP contribution in [-0.2, 0) is 4.79 Å². The number of carbonyl (C=O) groups excluding carboxylic acids is 1. The van der Waals surface area contributed by atoms with Gasteiger partial charge in [-0.3, -0.25) is 18.3 Å². The number of nitrogens with one attached hydrogen (secondary N) is 2. The molecule has 3 rings (SSSR count). The number of pyridine rings is 2. The maximum absolute atomic E-state index is 14.3. The number of rotatable bonds is 8. The number of nitrogens with zero attached hydrogens (tertiary/aromatic N) is 3. The molecule has 0 fully saturated rings. The van der Waals surface area contributed by atoms with E-state index in [1.807, 2.05) is 0 Å². The molecule has 0 unspecified atom stereocenters. The predicted molar refractivity (Wildman–Crippen MR) is 128 cm³/mol. The first-order chi connectivity index (χ1) is 15.4. The average molecular weight is 480 g/mol. The molecule has 3 heterocycles. The molecule has 0 bridgehead atoms. The summed E-state index contributed by atoms with van der Waals surface area (Å²) in [6.07, 6.45) is 3.81. The van der Waals surface area contributed by atoms with Crippen LogP contribution >= 0.6 is 10.6 Å². The van der Waals surface area contributed by atoms with Crippen LogP contribution in [0.2, 0.25) is 0 Å². The second-order valence-corrected chi connectivity index (χ2v) is 11.3. The maximum atomic E-state index is 14.3. The third kappa shape index (κ3) is 5.37. The molecule has 3 aromatic rings. The summed E-state index contributed by atoms with van der Waals surface area (Å²) >= 11 is 0. The summed E-state index contributed by atoms with van der Waals surface area (Å²) in [4.78, 5) is 19.5. The van der Waals surface area contributed by atoms with Gasteiger partial charge in [-0.2, -0.15) is 15.0 Å². The highest BCUT2D eigenvalue weighted by Crippen LogP contribution is 2.61. The fourth-order valence-corrected chi connectivity index (χ4v) is 4.54. The Morgan fingerprint density at radius 2 is 1.97 bits per heavy atom. The Hall–Kier alpha value is -2.89. The molecule has 0 saturated carbocycles. The second kappa shape index (κ2) is 9.54. The van der Waals surface area contributed by atoms with Crippen molar-refractivity contribution in [3.8, 4) is 17.0 Å². The van der Waals surface area contributed by atoms with Crippen molar-refractivity contribution in [3.05, 3.63) is 36.5 Å². The molecule has 0 aliphatic carbocycles. The Labute approximate surface area is 193 Å². The van der Waals surface area contributed by atoms with Crippen LogP contribution in [0, 0.1) is 5.95 Å². The zero-order valence-corrected chi connectivity index (χ0v) is 20.2. The van der Waals surface area contributed by atoms with E-state index in [-0.39, 0.29) is 10.8 Å². The van der Waals surface area contributed by atoms with Gasteiger partial charge < -0.3 is 15.4 Å². The Kier molecular flexibility index (Phi) is 7.15. The average Bonchev–Trinajstić information content (AvgIpc) is 3.14.